The van der Waals surface area contributed by atoms with Crippen molar-refractivity contribution in [3.05, 3.63) is 11.6 Å². The predicted molar refractivity (Wildman–Crippen MR) is 257 cm³/mol. The van der Waals surface area contributed by atoms with Gasteiger partial charge >= 0.3 is 5.97 Å². The van der Waals surface area contributed by atoms with Crippen LogP contribution in [0.4, 0.5) is 0 Å². The number of hydrogen-bond acceptors (Lipinski definition) is 18. The summed E-state index contributed by atoms with van der Waals surface area (Å²) in [4.78, 5) is 42.7. The monoisotopic (exact) mass is 1020 g/mol. The van der Waals surface area contributed by atoms with E-state index in [0.29, 0.717) is 57.3 Å². The van der Waals surface area contributed by atoms with Crippen molar-refractivity contribution in [2.45, 2.75) is 230 Å². The third-order valence-corrected chi connectivity index (χ3v) is 20.5. The molecule has 410 valence electrons. The highest BCUT2D eigenvalue weighted by molar-refractivity contribution is 5.85. The highest BCUT2D eigenvalue weighted by atomic mass is 16.8. The molecule has 1 amide bonds. The van der Waals surface area contributed by atoms with Gasteiger partial charge in [-0.25, -0.2) is 0 Å². The van der Waals surface area contributed by atoms with Crippen molar-refractivity contribution in [3.63, 3.8) is 0 Å². The molecule has 3 heterocycles. The molecule has 8 rings (SSSR count). The van der Waals surface area contributed by atoms with Crippen molar-refractivity contribution in [2.75, 3.05) is 19.8 Å². The van der Waals surface area contributed by atoms with E-state index in [0.717, 1.165) is 24.8 Å². The van der Waals surface area contributed by atoms with E-state index in [1.54, 1.807) is 0 Å². The Kier molecular flexibility index (Phi) is 15.5. The molecule has 0 radical (unpaired) electrons. The summed E-state index contributed by atoms with van der Waals surface area (Å²) >= 11 is 0. The number of ether oxygens (including phenoxy) is 5. The first-order valence-corrected chi connectivity index (χ1v) is 26.7. The first kappa shape index (κ1) is 56.0. The molecule has 7 fully saturated rings. The molecule has 12 N–H and O–H groups in total. The van der Waals surface area contributed by atoms with E-state index < -0.39 is 139 Å². The number of hydrogen-bond donors (Lipinski definition) is 11. The van der Waals surface area contributed by atoms with Gasteiger partial charge in [0, 0.05) is 18.3 Å². The molecule has 0 aromatic rings. The third kappa shape index (κ3) is 8.76. The number of unbranched alkanes of at least 4 members (excludes halogenated alkanes) is 2. The predicted octanol–water partition coefficient (Wildman–Crippen LogP) is 1.02. The lowest BCUT2D eigenvalue weighted by Crippen LogP contribution is -2.78. The molecule has 19 nitrogen and oxygen atoms in total. The van der Waals surface area contributed by atoms with E-state index in [4.69, 9.17) is 29.4 Å². The molecule has 4 saturated carbocycles. The van der Waals surface area contributed by atoms with Crippen LogP contribution in [0, 0.1) is 50.2 Å². The van der Waals surface area contributed by atoms with E-state index in [1.807, 2.05) is 0 Å². The van der Waals surface area contributed by atoms with Crippen molar-refractivity contribution in [3.8, 4) is 0 Å². The van der Waals surface area contributed by atoms with Crippen LogP contribution in [0.5, 0.6) is 0 Å². The average molecular weight is 1020 g/mol. The Morgan fingerprint density at radius 3 is 2.24 bits per heavy atom. The number of nitrogens with one attached hydrogen (secondary N) is 1. The zero-order chi connectivity index (χ0) is 52.9. The normalized spacial score (nSPS) is 49.8. The van der Waals surface area contributed by atoms with Gasteiger partial charge in [0.1, 0.15) is 60.0 Å². The van der Waals surface area contributed by atoms with Crippen LogP contribution in [0.3, 0.4) is 0 Å². The topological polar surface area (TPSA) is 317 Å². The first-order chi connectivity index (χ1) is 33.6. The molecule has 3 saturated heterocycles. The largest absolute Gasteiger partial charge is 0.426 e. The zero-order valence-electron chi connectivity index (χ0n) is 43.6. The summed E-state index contributed by atoms with van der Waals surface area (Å²) < 4.78 is 30.7. The molecular weight excluding hydrogens is 937 g/mol. The quantitative estimate of drug-likeness (QED) is 0.0739. The summed E-state index contributed by atoms with van der Waals surface area (Å²) in [6.45, 7) is 15.8. The lowest BCUT2D eigenvalue weighted by Gasteiger charge is -2.71. The second-order valence-corrected chi connectivity index (χ2v) is 25.3. The van der Waals surface area contributed by atoms with E-state index in [9.17, 15) is 55.5 Å². The SMILES string of the molecule is CC1O[C@@H]([C@@]2(OC(=O)[C@]34CCC(C)(C)CC3C3=CCC5C6(C)CCC(=O)C(C)(C)[C@@H]6CC[C@]5(C)[C@]3(C)CC4O)OC(CO)[C@H](NC(=O)CCCCCN)C(O)C2O)C(O)C(O)[C@H]1O[C@@H]1OC[C@@H](O)C(O)C1O. The summed E-state index contributed by atoms with van der Waals surface area (Å²) in [6.07, 6.45) is -13.8. The Labute approximate surface area is 423 Å². The van der Waals surface area contributed by atoms with Crippen molar-refractivity contribution in [2.24, 2.45) is 56.0 Å². The summed E-state index contributed by atoms with van der Waals surface area (Å²) in [6, 6.07) is -1.47. The average Bonchev–Trinajstić information content (AvgIpc) is 3.31. The van der Waals surface area contributed by atoms with E-state index in [-0.39, 0.29) is 47.3 Å². The van der Waals surface area contributed by atoms with Crippen LogP contribution in [0.2, 0.25) is 0 Å². The van der Waals surface area contributed by atoms with Gasteiger partial charge in [0.15, 0.2) is 18.5 Å². The Bertz CT molecular complexity index is 2050. The van der Waals surface area contributed by atoms with Gasteiger partial charge in [-0.05, 0) is 117 Å². The lowest BCUT2D eigenvalue weighted by molar-refractivity contribution is -0.405. The van der Waals surface area contributed by atoms with E-state index in [2.05, 4.69) is 59.9 Å². The molecule has 19 heteroatoms. The van der Waals surface area contributed by atoms with E-state index in [1.165, 1.54) is 6.92 Å². The smallest absolute Gasteiger partial charge is 0.318 e. The molecule has 0 aromatic heterocycles. The fourth-order valence-electron chi connectivity index (χ4n) is 16.0. The van der Waals surface area contributed by atoms with Crippen LogP contribution in [-0.4, -0.2) is 175 Å². The van der Waals surface area contributed by atoms with Crippen molar-refractivity contribution >= 4 is 17.7 Å². The summed E-state index contributed by atoms with van der Waals surface area (Å²) in [5, 5.41) is 106. The minimum absolute atomic E-state index is 0.0206. The summed E-state index contributed by atoms with van der Waals surface area (Å²) in [7, 11) is 0. The van der Waals surface area contributed by atoms with Gasteiger partial charge < -0.3 is 80.7 Å². The van der Waals surface area contributed by atoms with Crippen LogP contribution < -0.4 is 11.1 Å². The van der Waals surface area contributed by atoms with Gasteiger partial charge in [0.25, 0.3) is 5.79 Å². The number of esters is 1. The van der Waals surface area contributed by atoms with Crippen molar-refractivity contribution in [1.82, 2.24) is 5.32 Å². The highest BCUT2D eigenvalue weighted by Crippen LogP contribution is 2.75. The minimum Gasteiger partial charge on any atom is -0.426 e. The van der Waals surface area contributed by atoms with Gasteiger partial charge in [-0.3, -0.25) is 14.4 Å². The molecule has 5 aliphatic carbocycles. The van der Waals surface area contributed by atoms with Crippen LogP contribution in [0.1, 0.15) is 139 Å². The number of allylic oxidation sites excluding steroid dienone is 2. The Morgan fingerprint density at radius 1 is 0.847 bits per heavy atom. The van der Waals surface area contributed by atoms with Gasteiger partial charge in [-0.15, -0.1) is 0 Å². The molecule has 0 aromatic carbocycles. The minimum atomic E-state index is -2.93. The third-order valence-electron chi connectivity index (χ3n) is 20.5. The zero-order valence-corrected chi connectivity index (χ0v) is 43.6. The number of aliphatic hydroxyl groups is 9. The molecule has 0 spiro atoms. The highest BCUT2D eigenvalue weighted by Gasteiger charge is 2.74. The second-order valence-electron chi connectivity index (χ2n) is 25.3. The molecule has 8 aliphatic rings. The van der Waals surface area contributed by atoms with Gasteiger partial charge in [-0.1, -0.05) is 66.5 Å². The Hall–Kier alpha value is -2.21. The molecule has 3 aliphatic heterocycles. The summed E-state index contributed by atoms with van der Waals surface area (Å²) in [5.74, 6) is -4.43. The molecule has 22 atom stereocenters. The number of nitrogens with two attached hydrogens (primary N) is 1. The second kappa shape index (κ2) is 20.0. The fourth-order valence-corrected chi connectivity index (χ4v) is 16.0. The maximum Gasteiger partial charge on any atom is 0.318 e. The number of fused-ring (bicyclic) bond motifs is 7. The number of aliphatic hydroxyl groups excluding tert-OH is 9. The van der Waals surface area contributed by atoms with Gasteiger partial charge in [0.05, 0.1) is 31.5 Å². The van der Waals surface area contributed by atoms with E-state index >= 15 is 4.79 Å². The molecular formula is C53H86N2O17. The van der Waals surface area contributed by atoms with Gasteiger partial charge in [-0.2, -0.15) is 0 Å². The fraction of sp³-hybridized carbons (Fsp3) is 0.906. The number of Topliss-reactive ketones (excluding diaryl/α,β-unsaturated/α-hetero) is 1. The van der Waals surface area contributed by atoms with Crippen molar-refractivity contribution < 1.29 is 84.0 Å². The van der Waals surface area contributed by atoms with Crippen LogP contribution >= 0.6 is 0 Å². The van der Waals surface area contributed by atoms with Gasteiger partial charge in [0.2, 0.25) is 5.91 Å². The number of ketones is 1. The summed E-state index contributed by atoms with van der Waals surface area (Å²) in [5.41, 5.74) is 3.09. The number of amides is 1. The maximum atomic E-state index is 16.0. The first-order valence-electron chi connectivity index (χ1n) is 26.7. The van der Waals surface area contributed by atoms with Crippen LogP contribution in [0.15, 0.2) is 11.6 Å². The van der Waals surface area contributed by atoms with Crippen LogP contribution in [-0.2, 0) is 38.1 Å². The molecule has 12 unspecified atom stereocenters. The molecule has 0 bridgehead atoms. The van der Waals surface area contributed by atoms with Crippen LogP contribution in [0.25, 0.3) is 0 Å². The number of rotatable bonds is 12. The number of carbonyl (C=O) groups excluding carboxylic acids is 3. The number of carbonyl (C=O) groups is 3. The Morgan fingerprint density at radius 2 is 1.56 bits per heavy atom. The van der Waals surface area contributed by atoms with Crippen molar-refractivity contribution in [1.29, 1.82) is 0 Å². The Balaban J connectivity index is 1.17. The lowest BCUT2D eigenvalue weighted by atomic mass is 9.33. The standard InChI is InChI=1S/C53H86N2O17/c1-26-42(70-45-41(65)37(61)29(57)25-68-45)39(63)40(64)44(69-26)53(43(66)38(62)36(30(24-56)71-53)55-35(60)12-10-9-11-21-54)72-46(67)52-20-19-47(2,3)22-28(52)27-13-14-32-49(6)17-16-33(58)48(4,5)31(49)15-18-50(32,7)51(27,8)23-34(52)59/h13,26,28-32,34,36-45,56-57,59,61-66H,9-12,14-25,54H2,1-8H3,(H,55,60)/t26?,28?,29-,30?,31+,32?,34?,36+,37?,38?,39?,40?,41?,42+,43?,44-,45+,49?,50+,51-,52-,53-/m1/s1. The maximum absolute atomic E-state index is 16.0. The molecule has 72 heavy (non-hydrogen) atoms.